The number of nitro groups is 1. The molecule has 0 amide bonds. The summed E-state index contributed by atoms with van der Waals surface area (Å²) in [5.74, 6) is 0. The van der Waals surface area contributed by atoms with Gasteiger partial charge in [0.25, 0.3) is 0 Å². The van der Waals surface area contributed by atoms with E-state index in [0.717, 1.165) is 11.1 Å². The smallest absolute Gasteiger partial charge is 0.258 e. The zero-order chi connectivity index (χ0) is 19.0. The van der Waals surface area contributed by atoms with E-state index in [1.165, 1.54) is 0 Å². The maximum Gasteiger partial charge on any atom is 0.301 e. The molecule has 0 N–H and O–H groups in total. The summed E-state index contributed by atoms with van der Waals surface area (Å²) < 4.78 is 0. The lowest BCUT2D eigenvalue weighted by molar-refractivity contribution is -0.383. The molecular weight excluding hydrogens is 362 g/mol. The second-order valence-corrected chi connectivity index (χ2v) is 6.52. The fourth-order valence-electron chi connectivity index (χ4n) is 3.06. The molecule has 0 atom stereocenters. The van der Waals surface area contributed by atoms with Crippen molar-refractivity contribution in [2.45, 2.75) is 6.92 Å². The minimum absolute atomic E-state index is 0.109. The SMILES string of the molecule is Cc1c(Cl)cc2nc(-c3ccccc3)c(-c3ccccc3)nc2c1[N+](=O)[O-]. The van der Waals surface area contributed by atoms with Crippen molar-refractivity contribution >= 4 is 28.3 Å². The Kier molecular flexibility index (Phi) is 4.30. The third-order valence-corrected chi connectivity index (χ3v) is 4.79. The first kappa shape index (κ1) is 17.1. The highest BCUT2D eigenvalue weighted by molar-refractivity contribution is 6.32. The summed E-state index contributed by atoms with van der Waals surface area (Å²) in [4.78, 5) is 20.6. The molecule has 1 aromatic heterocycles. The average molecular weight is 376 g/mol. The zero-order valence-corrected chi connectivity index (χ0v) is 15.1. The van der Waals surface area contributed by atoms with E-state index < -0.39 is 4.92 Å². The molecule has 0 spiro atoms. The molecule has 0 bridgehead atoms. The quantitative estimate of drug-likeness (QED) is 0.333. The Hall–Kier alpha value is -3.31. The van der Waals surface area contributed by atoms with Crippen molar-refractivity contribution < 1.29 is 4.92 Å². The first-order valence-corrected chi connectivity index (χ1v) is 8.70. The van der Waals surface area contributed by atoms with Gasteiger partial charge in [-0.2, -0.15) is 0 Å². The predicted molar refractivity (Wildman–Crippen MR) is 107 cm³/mol. The number of hydrogen-bond donors (Lipinski definition) is 0. The predicted octanol–water partition coefficient (Wildman–Crippen LogP) is 5.83. The Morgan fingerprint density at radius 2 is 1.41 bits per heavy atom. The van der Waals surface area contributed by atoms with Gasteiger partial charge in [-0.05, 0) is 13.0 Å². The van der Waals surface area contributed by atoms with Gasteiger partial charge in [-0.1, -0.05) is 72.3 Å². The largest absolute Gasteiger partial charge is 0.301 e. The molecule has 0 aliphatic rings. The molecule has 4 aromatic rings. The maximum atomic E-state index is 11.7. The highest BCUT2D eigenvalue weighted by Gasteiger charge is 2.23. The lowest BCUT2D eigenvalue weighted by atomic mass is 10.0. The fraction of sp³-hybridized carbons (Fsp3) is 0.0476. The van der Waals surface area contributed by atoms with Crippen molar-refractivity contribution in [2.24, 2.45) is 0 Å². The number of halogens is 1. The van der Waals surface area contributed by atoms with Crippen LogP contribution in [-0.2, 0) is 0 Å². The molecule has 27 heavy (non-hydrogen) atoms. The summed E-state index contributed by atoms with van der Waals surface area (Å²) >= 11 is 6.22. The molecule has 6 heteroatoms. The minimum Gasteiger partial charge on any atom is -0.258 e. The molecule has 4 rings (SSSR count). The van der Waals surface area contributed by atoms with E-state index in [1.54, 1.807) is 13.0 Å². The Balaban J connectivity index is 2.13. The molecule has 0 aliphatic heterocycles. The highest BCUT2D eigenvalue weighted by Crippen LogP contribution is 2.37. The van der Waals surface area contributed by atoms with Crippen LogP contribution in [0.4, 0.5) is 5.69 Å². The average Bonchev–Trinajstić information content (AvgIpc) is 2.69. The van der Waals surface area contributed by atoms with Crippen molar-refractivity contribution in [1.29, 1.82) is 0 Å². The molecule has 0 saturated carbocycles. The van der Waals surface area contributed by atoms with Crippen molar-refractivity contribution in [3.8, 4) is 22.5 Å². The van der Waals surface area contributed by atoms with E-state index in [0.29, 0.717) is 27.5 Å². The number of hydrogen-bond acceptors (Lipinski definition) is 4. The van der Waals surface area contributed by atoms with Crippen LogP contribution in [-0.4, -0.2) is 14.9 Å². The molecule has 5 nitrogen and oxygen atoms in total. The lowest BCUT2D eigenvalue weighted by Crippen LogP contribution is -2.01. The van der Waals surface area contributed by atoms with Crippen LogP contribution in [0, 0.1) is 17.0 Å². The third kappa shape index (κ3) is 3.02. The van der Waals surface area contributed by atoms with E-state index >= 15 is 0 Å². The van der Waals surface area contributed by atoms with Crippen LogP contribution in [0.25, 0.3) is 33.5 Å². The number of nitrogens with zero attached hydrogens (tertiary/aromatic N) is 3. The summed E-state index contributed by atoms with van der Waals surface area (Å²) in [6.07, 6.45) is 0. The Labute approximate surface area is 160 Å². The van der Waals surface area contributed by atoms with Gasteiger partial charge in [-0.15, -0.1) is 0 Å². The van der Waals surface area contributed by atoms with Crippen LogP contribution in [0.1, 0.15) is 5.56 Å². The number of fused-ring (bicyclic) bond motifs is 1. The maximum absolute atomic E-state index is 11.7. The van der Waals surface area contributed by atoms with Crippen LogP contribution in [0.2, 0.25) is 5.02 Å². The summed E-state index contributed by atoms with van der Waals surface area (Å²) in [7, 11) is 0. The van der Waals surface area contributed by atoms with Crippen molar-refractivity contribution in [3.05, 3.63) is 87.4 Å². The second kappa shape index (κ2) is 6.78. The van der Waals surface area contributed by atoms with Gasteiger partial charge in [-0.25, -0.2) is 9.97 Å². The van der Waals surface area contributed by atoms with Gasteiger partial charge in [0.15, 0.2) is 5.52 Å². The van der Waals surface area contributed by atoms with E-state index in [-0.39, 0.29) is 11.2 Å². The summed E-state index contributed by atoms with van der Waals surface area (Å²) in [6, 6.07) is 20.8. The monoisotopic (exact) mass is 375 g/mol. The molecule has 1 heterocycles. The Morgan fingerprint density at radius 1 is 0.889 bits per heavy atom. The van der Waals surface area contributed by atoms with Crippen LogP contribution >= 0.6 is 11.6 Å². The van der Waals surface area contributed by atoms with E-state index in [1.807, 2.05) is 60.7 Å². The van der Waals surface area contributed by atoms with Gasteiger partial charge in [0, 0.05) is 16.7 Å². The summed E-state index contributed by atoms with van der Waals surface area (Å²) in [5.41, 5.74) is 3.88. The fourth-order valence-corrected chi connectivity index (χ4v) is 3.25. The number of nitro benzene ring substituents is 1. The van der Waals surface area contributed by atoms with Crippen LogP contribution in [0.3, 0.4) is 0 Å². The minimum atomic E-state index is -0.449. The molecule has 0 unspecified atom stereocenters. The summed E-state index contributed by atoms with van der Waals surface area (Å²) in [5, 5.41) is 12.0. The van der Waals surface area contributed by atoms with E-state index in [9.17, 15) is 10.1 Å². The van der Waals surface area contributed by atoms with Gasteiger partial charge in [0.05, 0.1) is 26.9 Å². The van der Waals surface area contributed by atoms with Crippen molar-refractivity contribution in [3.63, 3.8) is 0 Å². The number of benzene rings is 3. The molecule has 0 aliphatic carbocycles. The second-order valence-electron chi connectivity index (χ2n) is 6.11. The first-order chi connectivity index (χ1) is 13.1. The normalized spacial score (nSPS) is 10.9. The van der Waals surface area contributed by atoms with Crippen molar-refractivity contribution in [1.82, 2.24) is 9.97 Å². The zero-order valence-electron chi connectivity index (χ0n) is 14.4. The van der Waals surface area contributed by atoms with Crippen LogP contribution in [0.5, 0.6) is 0 Å². The topological polar surface area (TPSA) is 68.9 Å². The summed E-state index contributed by atoms with van der Waals surface area (Å²) in [6.45, 7) is 1.62. The molecule has 0 saturated heterocycles. The van der Waals surface area contributed by atoms with Crippen molar-refractivity contribution in [2.75, 3.05) is 0 Å². The van der Waals surface area contributed by atoms with Crippen LogP contribution < -0.4 is 0 Å². The molecule has 0 radical (unpaired) electrons. The van der Waals surface area contributed by atoms with Gasteiger partial charge in [0.2, 0.25) is 0 Å². The molecule has 132 valence electrons. The van der Waals surface area contributed by atoms with Gasteiger partial charge < -0.3 is 0 Å². The van der Waals surface area contributed by atoms with Gasteiger partial charge >= 0.3 is 5.69 Å². The molecular formula is C21H14ClN3O2. The third-order valence-electron chi connectivity index (χ3n) is 4.40. The van der Waals surface area contributed by atoms with Gasteiger partial charge in [0.1, 0.15) is 0 Å². The van der Waals surface area contributed by atoms with E-state index in [4.69, 9.17) is 16.6 Å². The van der Waals surface area contributed by atoms with E-state index in [2.05, 4.69) is 4.98 Å². The molecule has 0 fully saturated rings. The standard InChI is InChI=1S/C21H14ClN3O2/c1-13-16(22)12-17-20(21(13)25(26)27)24-19(15-10-6-3-7-11-15)18(23-17)14-8-4-2-5-9-14/h2-12H,1H3. The lowest BCUT2D eigenvalue weighted by Gasteiger charge is -2.12. The highest BCUT2D eigenvalue weighted by atomic mass is 35.5. The Bertz CT molecular complexity index is 1160. The first-order valence-electron chi connectivity index (χ1n) is 8.32. The van der Waals surface area contributed by atoms with Gasteiger partial charge in [-0.3, -0.25) is 10.1 Å². The van der Waals surface area contributed by atoms with Crippen LogP contribution in [0.15, 0.2) is 66.7 Å². The Morgan fingerprint density at radius 3 is 1.93 bits per heavy atom. The molecule has 3 aromatic carbocycles. The number of aromatic nitrogens is 2. The number of rotatable bonds is 3.